The molecule has 0 saturated carbocycles. The highest BCUT2D eigenvalue weighted by atomic mass is 35.5. The Morgan fingerprint density at radius 1 is 0.375 bits per heavy atom. The van der Waals surface area contributed by atoms with E-state index in [1.54, 1.807) is 0 Å². The predicted molar refractivity (Wildman–Crippen MR) is 134 cm³/mol. The van der Waals surface area contributed by atoms with E-state index in [1.807, 2.05) is 84.9 Å². The van der Waals surface area contributed by atoms with Gasteiger partial charge >= 0.3 is 0 Å². The summed E-state index contributed by atoms with van der Waals surface area (Å²) < 4.78 is 0. The Morgan fingerprint density at radius 3 is 1.16 bits per heavy atom. The highest BCUT2D eigenvalue weighted by Crippen LogP contribution is 2.35. The second-order valence-electron chi connectivity index (χ2n) is 7.39. The van der Waals surface area contributed by atoms with Crippen LogP contribution >= 0.6 is 23.2 Å². The minimum absolute atomic E-state index is 0.333. The van der Waals surface area contributed by atoms with Crippen molar-refractivity contribution in [2.45, 2.75) is 0 Å². The molecule has 5 rings (SSSR count). The fraction of sp³-hybridized carbons (Fsp3) is 0. The van der Waals surface area contributed by atoms with Crippen LogP contribution in [0.15, 0.2) is 109 Å². The highest BCUT2D eigenvalue weighted by molar-refractivity contribution is 6.37. The van der Waals surface area contributed by atoms with Crippen molar-refractivity contribution in [1.29, 1.82) is 0 Å². The van der Waals surface area contributed by atoms with Crippen molar-refractivity contribution in [3.8, 4) is 44.8 Å². The second-order valence-corrected chi connectivity index (χ2v) is 8.11. The molecule has 4 aromatic carbocycles. The standard InChI is InChI=1S/C28H18Cl2N2/c29-26-25(23-15-11-21(12-16-23)19-7-3-1-4-8-19)27(30)32-28(31-26)24-17-13-22(14-18-24)20-9-5-2-6-10-20/h1-18H. The van der Waals surface area contributed by atoms with Crippen LogP contribution in [0.4, 0.5) is 0 Å². The number of benzene rings is 4. The van der Waals surface area contributed by atoms with Gasteiger partial charge in [-0.1, -0.05) is 132 Å². The zero-order valence-electron chi connectivity index (χ0n) is 17.0. The molecule has 0 bridgehead atoms. The van der Waals surface area contributed by atoms with E-state index in [4.69, 9.17) is 23.2 Å². The zero-order valence-corrected chi connectivity index (χ0v) is 18.6. The lowest BCUT2D eigenvalue weighted by Gasteiger charge is -2.10. The van der Waals surface area contributed by atoms with Crippen molar-refractivity contribution in [2.24, 2.45) is 0 Å². The Hall–Kier alpha value is -3.46. The van der Waals surface area contributed by atoms with Crippen molar-refractivity contribution in [2.75, 3.05) is 0 Å². The molecule has 5 aromatic rings. The van der Waals surface area contributed by atoms with Gasteiger partial charge in [-0.2, -0.15) is 0 Å². The largest absolute Gasteiger partial charge is 0.216 e. The van der Waals surface area contributed by atoms with E-state index in [2.05, 4.69) is 34.2 Å². The Bertz CT molecular complexity index is 1330. The first kappa shape index (κ1) is 20.4. The van der Waals surface area contributed by atoms with Gasteiger partial charge in [0.15, 0.2) is 5.82 Å². The number of hydrogen-bond donors (Lipinski definition) is 0. The zero-order chi connectivity index (χ0) is 21.9. The first-order valence-electron chi connectivity index (χ1n) is 10.2. The smallest absolute Gasteiger partial charge is 0.162 e. The number of rotatable bonds is 4. The summed E-state index contributed by atoms with van der Waals surface area (Å²) in [6, 6.07) is 36.6. The van der Waals surface area contributed by atoms with E-state index in [0.29, 0.717) is 21.7 Å². The van der Waals surface area contributed by atoms with Gasteiger partial charge in [-0.25, -0.2) is 9.97 Å². The minimum Gasteiger partial charge on any atom is -0.216 e. The summed E-state index contributed by atoms with van der Waals surface area (Å²) in [6.45, 7) is 0. The monoisotopic (exact) mass is 452 g/mol. The van der Waals surface area contributed by atoms with Crippen molar-refractivity contribution >= 4 is 23.2 Å². The summed E-state index contributed by atoms with van der Waals surface area (Å²) in [4.78, 5) is 9.07. The van der Waals surface area contributed by atoms with Crippen LogP contribution in [-0.4, -0.2) is 9.97 Å². The molecule has 0 unspecified atom stereocenters. The van der Waals surface area contributed by atoms with Crippen molar-refractivity contribution < 1.29 is 0 Å². The summed E-state index contributed by atoms with van der Waals surface area (Å²) in [5.74, 6) is 0.504. The fourth-order valence-electron chi connectivity index (χ4n) is 3.68. The molecule has 0 N–H and O–H groups in total. The summed E-state index contributed by atoms with van der Waals surface area (Å²) in [6.07, 6.45) is 0. The topological polar surface area (TPSA) is 25.8 Å². The van der Waals surface area contributed by atoms with Crippen LogP contribution in [0.3, 0.4) is 0 Å². The van der Waals surface area contributed by atoms with E-state index in [9.17, 15) is 0 Å². The average molecular weight is 453 g/mol. The van der Waals surface area contributed by atoms with Gasteiger partial charge in [0, 0.05) is 5.56 Å². The number of nitrogens with zero attached hydrogens (tertiary/aromatic N) is 2. The Labute approximate surface area is 197 Å². The van der Waals surface area contributed by atoms with E-state index in [0.717, 1.165) is 33.4 Å². The molecule has 0 radical (unpaired) electrons. The first-order valence-corrected chi connectivity index (χ1v) is 11.0. The molecule has 1 heterocycles. The van der Waals surface area contributed by atoms with E-state index in [-0.39, 0.29) is 0 Å². The van der Waals surface area contributed by atoms with Gasteiger partial charge in [-0.3, -0.25) is 0 Å². The van der Waals surface area contributed by atoms with Crippen molar-refractivity contribution in [1.82, 2.24) is 9.97 Å². The lowest BCUT2D eigenvalue weighted by molar-refractivity contribution is 1.18. The van der Waals surface area contributed by atoms with Gasteiger partial charge in [0.05, 0.1) is 5.56 Å². The Balaban J connectivity index is 1.45. The third kappa shape index (κ3) is 4.16. The maximum Gasteiger partial charge on any atom is 0.162 e. The molecule has 154 valence electrons. The van der Waals surface area contributed by atoms with Crippen molar-refractivity contribution in [3.05, 3.63) is 120 Å². The Morgan fingerprint density at radius 2 is 0.719 bits per heavy atom. The average Bonchev–Trinajstić information content (AvgIpc) is 2.85. The number of aromatic nitrogens is 2. The number of halogens is 2. The van der Waals surface area contributed by atoms with Gasteiger partial charge in [0.1, 0.15) is 10.3 Å². The molecule has 0 amide bonds. The molecule has 2 nitrogen and oxygen atoms in total. The molecule has 4 heteroatoms. The third-order valence-electron chi connectivity index (χ3n) is 5.35. The van der Waals surface area contributed by atoms with Gasteiger partial charge < -0.3 is 0 Å². The maximum atomic E-state index is 6.57. The molecule has 0 saturated heterocycles. The van der Waals surface area contributed by atoms with Crippen LogP contribution < -0.4 is 0 Å². The van der Waals surface area contributed by atoms with Gasteiger partial charge in [0.25, 0.3) is 0 Å². The normalized spacial score (nSPS) is 10.8. The van der Waals surface area contributed by atoms with E-state index in [1.165, 1.54) is 0 Å². The molecule has 32 heavy (non-hydrogen) atoms. The summed E-state index contributed by atoms with van der Waals surface area (Å²) in [5.41, 5.74) is 6.94. The van der Waals surface area contributed by atoms with Crippen LogP contribution in [0, 0.1) is 0 Å². The first-order chi connectivity index (χ1) is 15.7. The summed E-state index contributed by atoms with van der Waals surface area (Å²) in [7, 11) is 0. The van der Waals surface area contributed by atoms with Gasteiger partial charge in [-0.05, 0) is 27.8 Å². The van der Waals surface area contributed by atoms with Gasteiger partial charge in [0.2, 0.25) is 0 Å². The summed E-state index contributed by atoms with van der Waals surface area (Å²) in [5, 5.41) is 0.666. The molecule has 0 fully saturated rings. The summed E-state index contributed by atoms with van der Waals surface area (Å²) >= 11 is 13.1. The SMILES string of the molecule is Clc1nc(-c2ccc(-c3ccccc3)cc2)nc(Cl)c1-c1ccc(-c2ccccc2)cc1. The van der Waals surface area contributed by atoms with Crippen LogP contribution in [0.5, 0.6) is 0 Å². The minimum atomic E-state index is 0.333. The lowest BCUT2D eigenvalue weighted by Crippen LogP contribution is -1.95. The quantitative estimate of drug-likeness (QED) is 0.255. The fourth-order valence-corrected chi connectivity index (χ4v) is 4.28. The second kappa shape index (κ2) is 8.96. The lowest BCUT2D eigenvalue weighted by atomic mass is 10.0. The maximum absolute atomic E-state index is 6.57. The van der Waals surface area contributed by atoms with Crippen LogP contribution in [0.1, 0.15) is 0 Å². The van der Waals surface area contributed by atoms with Crippen LogP contribution in [0.2, 0.25) is 10.3 Å². The molecule has 0 aliphatic carbocycles. The van der Waals surface area contributed by atoms with Crippen molar-refractivity contribution in [3.63, 3.8) is 0 Å². The van der Waals surface area contributed by atoms with E-state index < -0.39 is 0 Å². The Kier molecular flexibility index (Phi) is 5.72. The molecular formula is C28H18Cl2N2. The predicted octanol–water partition coefficient (Wildman–Crippen LogP) is 8.45. The van der Waals surface area contributed by atoms with Crippen LogP contribution in [0.25, 0.3) is 44.8 Å². The molecule has 0 atom stereocenters. The van der Waals surface area contributed by atoms with Gasteiger partial charge in [-0.15, -0.1) is 0 Å². The molecular weight excluding hydrogens is 435 g/mol. The molecule has 1 aromatic heterocycles. The molecule has 0 spiro atoms. The number of hydrogen-bond acceptors (Lipinski definition) is 2. The highest BCUT2D eigenvalue weighted by Gasteiger charge is 2.15. The molecule has 0 aliphatic heterocycles. The van der Waals surface area contributed by atoms with Crippen LogP contribution in [-0.2, 0) is 0 Å². The van der Waals surface area contributed by atoms with E-state index >= 15 is 0 Å². The third-order valence-corrected chi connectivity index (χ3v) is 5.90. The molecule has 0 aliphatic rings.